The number of amides is 2. The monoisotopic (exact) mass is 702 g/mol. The fourth-order valence-electron chi connectivity index (χ4n) is 6.44. The van der Waals surface area contributed by atoms with Gasteiger partial charge in [0.15, 0.2) is 0 Å². The van der Waals surface area contributed by atoms with Crippen molar-refractivity contribution in [3.8, 4) is 22.3 Å². The first-order valence-corrected chi connectivity index (χ1v) is 18.7. The average molecular weight is 703 g/mol. The zero-order chi connectivity index (χ0) is 36.9. The van der Waals surface area contributed by atoms with Gasteiger partial charge in [0.05, 0.1) is 11.7 Å². The summed E-state index contributed by atoms with van der Waals surface area (Å²) in [4.78, 5) is 26.6. The summed E-state index contributed by atoms with van der Waals surface area (Å²) in [7, 11) is -4.18. The van der Waals surface area contributed by atoms with Gasteiger partial charge < -0.3 is 10.6 Å². The Morgan fingerprint density at radius 2 is 1.25 bits per heavy atom. The minimum absolute atomic E-state index is 0.0624. The van der Waals surface area contributed by atoms with E-state index in [9.17, 15) is 18.0 Å². The Hall–Kier alpha value is -5.05. The zero-order valence-electron chi connectivity index (χ0n) is 30.1. The second-order valence-corrected chi connectivity index (χ2v) is 15.9. The second kappa shape index (κ2) is 15.5. The van der Waals surface area contributed by atoms with Crippen molar-refractivity contribution in [2.75, 3.05) is 17.6 Å². The van der Waals surface area contributed by atoms with Crippen LogP contribution in [0.1, 0.15) is 70.4 Å². The number of anilines is 1. The maximum atomic E-state index is 14.0. The number of carbonyl (C=O) groups is 2. The molecule has 5 aromatic rings. The summed E-state index contributed by atoms with van der Waals surface area (Å²) in [5, 5.41) is 5.63. The van der Waals surface area contributed by atoms with Gasteiger partial charge in [-0.05, 0) is 107 Å². The van der Waals surface area contributed by atoms with Gasteiger partial charge in [0, 0.05) is 17.8 Å². The van der Waals surface area contributed by atoms with E-state index in [4.69, 9.17) is 4.55 Å². The molecule has 1 atom stereocenters. The highest BCUT2D eigenvalue weighted by atomic mass is 32.2. The van der Waals surface area contributed by atoms with Crippen molar-refractivity contribution in [3.63, 3.8) is 0 Å². The van der Waals surface area contributed by atoms with E-state index < -0.39 is 27.7 Å². The van der Waals surface area contributed by atoms with E-state index in [0.717, 1.165) is 27.8 Å². The van der Waals surface area contributed by atoms with Crippen molar-refractivity contribution < 1.29 is 22.6 Å². The Morgan fingerprint density at radius 1 is 0.725 bits per heavy atom. The second-order valence-electron chi connectivity index (χ2n) is 14.3. The van der Waals surface area contributed by atoms with Crippen LogP contribution in [0.3, 0.4) is 0 Å². The summed E-state index contributed by atoms with van der Waals surface area (Å²) in [6.07, 6.45) is 0.385. The number of carbonyl (C=O) groups excluding carboxylic acids is 2. The summed E-state index contributed by atoms with van der Waals surface area (Å²) in [6.45, 7) is 12.7. The first-order chi connectivity index (χ1) is 24.1. The van der Waals surface area contributed by atoms with Crippen molar-refractivity contribution in [2.24, 2.45) is 0 Å². The maximum Gasteiger partial charge on any atom is 0.266 e. The number of benzene rings is 5. The number of hydrogen-bond acceptors (Lipinski definition) is 4. The molecule has 0 saturated carbocycles. The molecule has 0 aliphatic heterocycles. The quantitative estimate of drug-likeness (QED) is 0.119. The van der Waals surface area contributed by atoms with Crippen molar-refractivity contribution >= 4 is 27.6 Å². The largest absolute Gasteiger partial charge is 0.351 e. The topological polar surface area (TPSA) is 113 Å². The molecule has 0 bridgehead atoms. The summed E-state index contributed by atoms with van der Waals surface area (Å²) in [5.41, 5.74) is 12.2. The molecular weight excluding hydrogens is 657 g/mol. The number of nitrogens with one attached hydrogen (secondary N) is 2. The first kappa shape index (κ1) is 37.2. The van der Waals surface area contributed by atoms with Crippen molar-refractivity contribution in [1.29, 1.82) is 0 Å². The lowest BCUT2D eigenvalue weighted by Crippen LogP contribution is -2.28. The SMILES string of the molecule is Cc1cc(C)c(-c2ccc(NC(=O)C(Cc3ccc(C(=O)NCCS(=O)(=O)O)cc3)c3ccc(-c4ccc(C(C)(C)C)cc4)cc3)cc2)c(C)c1. The Bertz CT molecular complexity index is 2090. The van der Waals surface area contributed by atoms with Gasteiger partial charge in [-0.2, -0.15) is 8.42 Å². The van der Waals surface area contributed by atoms with Gasteiger partial charge in [-0.1, -0.05) is 111 Å². The van der Waals surface area contributed by atoms with E-state index in [1.54, 1.807) is 24.3 Å². The molecule has 2 amide bonds. The van der Waals surface area contributed by atoms with Crippen LogP contribution in [0.5, 0.6) is 0 Å². The van der Waals surface area contributed by atoms with E-state index in [1.165, 1.54) is 27.8 Å². The Labute approximate surface area is 301 Å². The van der Waals surface area contributed by atoms with Crippen LogP contribution in [0.25, 0.3) is 22.3 Å². The molecule has 5 rings (SSSR count). The van der Waals surface area contributed by atoms with Crippen molar-refractivity contribution in [1.82, 2.24) is 5.32 Å². The fraction of sp³-hybridized carbons (Fsp3) is 0.256. The Balaban J connectivity index is 1.38. The maximum absolute atomic E-state index is 14.0. The predicted octanol–water partition coefficient (Wildman–Crippen LogP) is 8.83. The predicted molar refractivity (Wildman–Crippen MR) is 207 cm³/mol. The van der Waals surface area contributed by atoms with Crippen molar-refractivity contribution in [2.45, 2.75) is 59.3 Å². The third-order valence-electron chi connectivity index (χ3n) is 9.13. The van der Waals surface area contributed by atoms with Crippen LogP contribution < -0.4 is 10.6 Å². The molecule has 0 saturated heterocycles. The third kappa shape index (κ3) is 9.81. The van der Waals surface area contributed by atoms with E-state index in [1.807, 2.05) is 48.5 Å². The van der Waals surface area contributed by atoms with Gasteiger partial charge in [-0.25, -0.2) is 0 Å². The number of hydrogen-bond donors (Lipinski definition) is 3. The van der Waals surface area contributed by atoms with Gasteiger partial charge in [0.25, 0.3) is 16.0 Å². The first-order valence-electron chi connectivity index (χ1n) is 17.1. The van der Waals surface area contributed by atoms with Gasteiger partial charge >= 0.3 is 0 Å². The van der Waals surface area contributed by atoms with Crippen molar-refractivity contribution in [3.05, 3.63) is 148 Å². The molecule has 3 N–H and O–H groups in total. The lowest BCUT2D eigenvalue weighted by atomic mass is 9.86. The smallest absolute Gasteiger partial charge is 0.266 e. The highest BCUT2D eigenvalue weighted by Gasteiger charge is 2.23. The molecule has 51 heavy (non-hydrogen) atoms. The highest BCUT2D eigenvalue weighted by Crippen LogP contribution is 2.31. The molecule has 0 aliphatic rings. The summed E-state index contributed by atoms with van der Waals surface area (Å²) < 4.78 is 30.9. The Morgan fingerprint density at radius 3 is 1.78 bits per heavy atom. The number of rotatable bonds is 11. The highest BCUT2D eigenvalue weighted by molar-refractivity contribution is 7.85. The third-order valence-corrected chi connectivity index (χ3v) is 9.85. The van der Waals surface area contributed by atoms with E-state index in [0.29, 0.717) is 17.7 Å². The molecule has 0 aromatic heterocycles. The molecule has 0 fully saturated rings. The normalized spacial score (nSPS) is 12.3. The van der Waals surface area contributed by atoms with E-state index in [-0.39, 0.29) is 17.9 Å². The van der Waals surface area contributed by atoms with Crippen LogP contribution in [0.4, 0.5) is 5.69 Å². The molecule has 1 unspecified atom stereocenters. The van der Waals surface area contributed by atoms with Crippen LogP contribution in [-0.4, -0.2) is 37.1 Å². The van der Waals surface area contributed by atoms with Crippen LogP contribution in [-0.2, 0) is 26.7 Å². The van der Waals surface area contributed by atoms with Crippen LogP contribution in [0.2, 0.25) is 0 Å². The molecule has 7 nitrogen and oxygen atoms in total. The lowest BCUT2D eigenvalue weighted by Gasteiger charge is -2.20. The standard InChI is InChI=1S/C43H46N2O5S/c1-28-25-29(2)40(30(3)26-28)35-17-21-38(22-18-35)45-42(47)39(27-31-7-9-36(10-8-31)41(46)44-23-24-51(48,49)50)34-13-11-32(12-14-34)33-15-19-37(20-16-33)43(4,5)6/h7-22,25-26,39H,23-24,27H2,1-6H3,(H,44,46)(H,45,47)(H,48,49,50). The zero-order valence-corrected chi connectivity index (χ0v) is 30.9. The van der Waals surface area contributed by atoms with Crippen LogP contribution >= 0.6 is 0 Å². The molecular formula is C43H46N2O5S. The minimum atomic E-state index is -4.18. The fourth-order valence-corrected chi connectivity index (χ4v) is 6.80. The van der Waals surface area contributed by atoms with E-state index >= 15 is 0 Å². The van der Waals surface area contributed by atoms with Gasteiger partial charge in [0.1, 0.15) is 0 Å². The van der Waals surface area contributed by atoms with Crippen LogP contribution in [0, 0.1) is 20.8 Å². The molecule has 264 valence electrons. The molecule has 0 aliphatic carbocycles. The molecule has 0 spiro atoms. The summed E-state index contributed by atoms with van der Waals surface area (Å²) in [6, 6.07) is 35.8. The van der Waals surface area contributed by atoms with Gasteiger partial charge in [-0.15, -0.1) is 0 Å². The number of aryl methyl sites for hydroxylation is 3. The molecule has 5 aromatic carbocycles. The molecule has 8 heteroatoms. The average Bonchev–Trinajstić information content (AvgIpc) is 3.07. The Kier molecular flexibility index (Phi) is 11.3. The lowest BCUT2D eigenvalue weighted by molar-refractivity contribution is -0.117. The molecule has 0 radical (unpaired) electrons. The minimum Gasteiger partial charge on any atom is -0.351 e. The summed E-state index contributed by atoms with van der Waals surface area (Å²) in [5.74, 6) is -1.70. The molecule has 0 heterocycles. The van der Waals surface area contributed by atoms with Gasteiger partial charge in [0.2, 0.25) is 5.91 Å². The van der Waals surface area contributed by atoms with Gasteiger partial charge in [-0.3, -0.25) is 14.1 Å². The van der Waals surface area contributed by atoms with E-state index in [2.05, 4.69) is 88.6 Å². The van der Waals surface area contributed by atoms with Crippen LogP contribution in [0.15, 0.2) is 109 Å². The summed E-state index contributed by atoms with van der Waals surface area (Å²) >= 11 is 0.